The second-order valence-corrected chi connectivity index (χ2v) is 12.7. The Balaban J connectivity index is 1.61. The number of aliphatic carboxylic acids is 1. The van der Waals surface area contributed by atoms with Crippen LogP contribution >= 0.6 is 0 Å². The predicted molar refractivity (Wildman–Crippen MR) is 128 cm³/mol. The molecule has 4 nitrogen and oxygen atoms in total. The van der Waals surface area contributed by atoms with Gasteiger partial charge in [0, 0.05) is 11.0 Å². The highest BCUT2D eigenvalue weighted by Gasteiger charge is 2.66. The molecule has 0 bridgehead atoms. The fourth-order valence-corrected chi connectivity index (χ4v) is 8.93. The fraction of sp³-hybridized carbons (Fsp3) is 0.655. The summed E-state index contributed by atoms with van der Waals surface area (Å²) in [4.78, 5) is 24.6. The molecule has 178 valence electrons. The van der Waals surface area contributed by atoms with Crippen molar-refractivity contribution in [3.63, 3.8) is 0 Å². The van der Waals surface area contributed by atoms with Gasteiger partial charge >= 0.3 is 5.97 Å². The van der Waals surface area contributed by atoms with E-state index in [4.69, 9.17) is 0 Å². The maximum atomic E-state index is 12.6. The van der Waals surface area contributed by atoms with Crippen LogP contribution in [0.25, 0.3) is 0 Å². The molecule has 3 saturated carbocycles. The van der Waals surface area contributed by atoms with Gasteiger partial charge in [0.2, 0.25) is 5.78 Å². The third-order valence-corrected chi connectivity index (χ3v) is 11.3. The minimum absolute atomic E-state index is 0.0109. The number of carboxylic acid groups (broad SMARTS) is 1. The third-order valence-electron chi connectivity index (χ3n) is 11.3. The van der Waals surface area contributed by atoms with Gasteiger partial charge in [-0.1, -0.05) is 52.3 Å². The van der Waals surface area contributed by atoms with Crippen molar-refractivity contribution in [2.45, 2.75) is 80.1 Å². The number of fused-ring (bicyclic) bond motifs is 7. The molecule has 7 atom stereocenters. The normalized spacial score (nSPS) is 46.8. The Morgan fingerprint density at radius 1 is 1.06 bits per heavy atom. The Bertz CT molecular complexity index is 1090. The molecule has 0 spiro atoms. The molecule has 0 aromatic heterocycles. The number of allylic oxidation sites excluding steroid dienone is 7. The molecule has 33 heavy (non-hydrogen) atoms. The van der Waals surface area contributed by atoms with Crippen LogP contribution in [0.4, 0.5) is 0 Å². The van der Waals surface area contributed by atoms with Gasteiger partial charge in [0.25, 0.3) is 0 Å². The second-order valence-electron chi connectivity index (χ2n) is 12.7. The third kappa shape index (κ3) is 2.70. The van der Waals surface area contributed by atoms with Crippen LogP contribution in [0.5, 0.6) is 0 Å². The SMILES string of the molecule is CC1=C(O)C(=O)C=C2C1=CC=C1[C@@]2(C)CC[C@@]2(C)C3C[C@@H](C)C(C(=O)O)C[C@]3(C)CC[C@]12C. The molecule has 0 aliphatic heterocycles. The Kier molecular flexibility index (Phi) is 4.63. The molecule has 5 aliphatic carbocycles. The number of rotatable bonds is 1. The van der Waals surface area contributed by atoms with Gasteiger partial charge in [-0.3, -0.25) is 9.59 Å². The van der Waals surface area contributed by atoms with E-state index in [0.29, 0.717) is 11.5 Å². The maximum absolute atomic E-state index is 12.6. The summed E-state index contributed by atoms with van der Waals surface area (Å²) in [5, 5.41) is 20.1. The molecule has 0 amide bonds. The van der Waals surface area contributed by atoms with Crippen molar-refractivity contribution >= 4 is 11.8 Å². The highest BCUT2D eigenvalue weighted by atomic mass is 16.4. The minimum atomic E-state index is -0.634. The van der Waals surface area contributed by atoms with E-state index in [-0.39, 0.29) is 45.0 Å². The zero-order valence-electron chi connectivity index (χ0n) is 20.9. The lowest BCUT2D eigenvalue weighted by atomic mass is 9.34. The van der Waals surface area contributed by atoms with E-state index in [1.54, 1.807) is 6.08 Å². The van der Waals surface area contributed by atoms with E-state index >= 15 is 0 Å². The van der Waals surface area contributed by atoms with Crippen molar-refractivity contribution in [2.75, 3.05) is 0 Å². The average molecular weight is 451 g/mol. The van der Waals surface area contributed by atoms with Crippen LogP contribution < -0.4 is 0 Å². The molecule has 3 fully saturated rings. The smallest absolute Gasteiger partial charge is 0.306 e. The van der Waals surface area contributed by atoms with E-state index in [1.165, 1.54) is 5.57 Å². The molecule has 5 rings (SSSR count). The minimum Gasteiger partial charge on any atom is -0.504 e. The summed E-state index contributed by atoms with van der Waals surface area (Å²) < 4.78 is 0. The van der Waals surface area contributed by atoms with Crippen LogP contribution in [-0.2, 0) is 9.59 Å². The van der Waals surface area contributed by atoms with Crippen LogP contribution in [0.2, 0.25) is 0 Å². The molecule has 0 aromatic carbocycles. The zero-order valence-corrected chi connectivity index (χ0v) is 20.9. The van der Waals surface area contributed by atoms with Crippen molar-refractivity contribution in [2.24, 2.45) is 39.4 Å². The highest BCUT2D eigenvalue weighted by Crippen LogP contribution is 2.75. The van der Waals surface area contributed by atoms with Crippen LogP contribution in [0.15, 0.2) is 46.3 Å². The predicted octanol–water partition coefficient (Wildman–Crippen LogP) is 6.55. The Hall–Kier alpha value is -2.10. The number of carbonyl (C=O) groups is 2. The first-order chi connectivity index (χ1) is 15.3. The molecule has 4 heteroatoms. The number of hydrogen-bond acceptors (Lipinski definition) is 3. The summed E-state index contributed by atoms with van der Waals surface area (Å²) in [6, 6.07) is 0. The molecular formula is C29H38O4. The maximum Gasteiger partial charge on any atom is 0.306 e. The summed E-state index contributed by atoms with van der Waals surface area (Å²) >= 11 is 0. The fourth-order valence-electron chi connectivity index (χ4n) is 8.93. The van der Waals surface area contributed by atoms with E-state index in [9.17, 15) is 19.8 Å². The van der Waals surface area contributed by atoms with Crippen molar-refractivity contribution in [1.82, 2.24) is 0 Å². The number of carbonyl (C=O) groups excluding carboxylic acids is 1. The Labute approximate surface area is 197 Å². The van der Waals surface area contributed by atoms with Crippen LogP contribution in [0.3, 0.4) is 0 Å². The quantitative estimate of drug-likeness (QED) is 0.475. The van der Waals surface area contributed by atoms with Gasteiger partial charge in [0.1, 0.15) is 0 Å². The molecule has 0 aromatic rings. The van der Waals surface area contributed by atoms with Crippen molar-refractivity contribution in [3.8, 4) is 0 Å². The first kappa shape index (κ1) is 22.7. The van der Waals surface area contributed by atoms with Gasteiger partial charge in [-0.15, -0.1) is 0 Å². The summed E-state index contributed by atoms with van der Waals surface area (Å²) in [7, 11) is 0. The van der Waals surface area contributed by atoms with Gasteiger partial charge in [-0.25, -0.2) is 0 Å². The van der Waals surface area contributed by atoms with Gasteiger partial charge < -0.3 is 10.2 Å². The van der Waals surface area contributed by atoms with E-state index in [1.807, 2.05) is 6.92 Å². The van der Waals surface area contributed by atoms with Gasteiger partial charge in [0.15, 0.2) is 5.76 Å². The monoisotopic (exact) mass is 450 g/mol. The molecular weight excluding hydrogens is 412 g/mol. The van der Waals surface area contributed by atoms with Gasteiger partial charge in [-0.05, 0) is 90.8 Å². The second kappa shape index (κ2) is 6.73. The molecule has 2 N–H and O–H groups in total. The highest BCUT2D eigenvalue weighted by molar-refractivity contribution is 6.06. The van der Waals surface area contributed by atoms with Gasteiger partial charge in [0.05, 0.1) is 5.92 Å². The number of hydrogen-bond donors (Lipinski definition) is 2. The lowest BCUT2D eigenvalue weighted by Gasteiger charge is -2.69. The van der Waals surface area contributed by atoms with E-state index in [0.717, 1.165) is 49.7 Å². The summed E-state index contributed by atoms with van der Waals surface area (Å²) in [6.07, 6.45) is 12.0. The van der Waals surface area contributed by atoms with Crippen molar-refractivity contribution in [3.05, 3.63) is 46.3 Å². The molecule has 0 radical (unpaired) electrons. The first-order valence-corrected chi connectivity index (χ1v) is 12.6. The Morgan fingerprint density at radius 2 is 1.76 bits per heavy atom. The topological polar surface area (TPSA) is 74.6 Å². The molecule has 0 heterocycles. The lowest BCUT2D eigenvalue weighted by molar-refractivity contribution is -0.172. The van der Waals surface area contributed by atoms with Gasteiger partial charge in [-0.2, -0.15) is 0 Å². The summed E-state index contributed by atoms with van der Waals surface area (Å²) in [5.41, 5.74) is 4.10. The summed E-state index contributed by atoms with van der Waals surface area (Å²) in [6.45, 7) is 13.5. The largest absolute Gasteiger partial charge is 0.504 e. The average Bonchev–Trinajstić information content (AvgIpc) is 2.75. The lowest BCUT2D eigenvalue weighted by Crippen LogP contribution is -2.62. The zero-order chi connectivity index (χ0) is 24.1. The van der Waals surface area contributed by atoms with E-state index in [2.05, 4.69) is 46.8 Å². The van der Waals surface area contributed by atoms with Crippen LogP contribution in [-0.4, -0.2) is 22.0 Å². The summed E-state index contributed by atoms with van der Waals surface area (Å²) in [5.74, 6) is -0.613. The number of aliphatic hydroxyl groups is 1. The van der Waals surface area contributed by atoms with E-state index < -0.39 is 5.97 Å². The van der Waals surface area contributed by atoms with Crippen molar-refractivity contribution < 1.29 is 19.8 Å². The molecule has 2 unspecified atom stereocenters. The first-order valence-electron chi connectivity index (χ1n) is 12.6. The number of ketones is 1. The Morgan fingerprint density at radius 3 is 2.42 bits per heavy atom. The standard InChI is InChI=1S/C29H38O4/c1-16-13-23-26(3,15-19(16)25(32)33)9-11-28(5)22-8-7-18-17(2)24(31)21(30)14-20(18)27(22,4)10-12-29(23,28)6/h7-8,14,16,19,23,31H,9-13,15H2,1-6H3,(H,32,33)/t16-,19?,23?,26+,27+,28-,29+/m1/s1. The molecule has 5 aliphatic rings. The molecule has 0 saturated heterocycles. The number of carboxylic acids is 1. The number of aliphatic hydroxyl groups excluding tert-OH is 1. The van der Waals surface area contributed by atoms with Crippen molar-refractivity contribution in [1.29, 1.82) is 0 Å². The van der Waals surface area contributed by atoms with Crippen LogP contribution in [0.1, 0.15) is 80.1 Å². The van der Waals surface area contributed by atoms with Crippen LogP contribution in [0, 0.1) is 39.4 Å².